The maximum Gasteiger partial charge on any atom is 0.331 e. The number of carbonyl (C=O) groups is 2. The van der Waals surface area contributed by atoms with Gasteiger partial charge in [-0.05, 0) is 70.1 Å². The molecule has 1 unspecified atom stereocenters. The number of aliphatic carboxylic acids is 1. The van der Waals surface area contributed by atoms with Gasteiger partial charge >= 0.3 is 5.97 Å². The van der Waals surface area contributed by atoms with Crippen molar-refractivity contribution in [3.8, 4) is 0 Å². The van der Waals surface area contributed by atoms with Gasteiger partial charge in [0.15, 0.2) is 6.04 Å². The van der Waals surface area contributed by atoms with Crippen molar-refractivity contribution in [1.82, 2.24) is 15.5 Å². The molecular weight excluding hydrogens is 350 g/mol. The maximum atomic E-state index is 12.5. The fourth-order valence-corrected chi connectivity index (χ4v) is 7.45. The quantitative estimate of drug-likeness (QED) is 0.708. The first-order chi connectivity index (χ1) is 12.3. The highest BCUT2D eigenvalue weighted by molar-refractivity contribution is 8.01. The lowest BCUT2D eigenvalue weighted by atomic mass is 9.56. The zero-order chi connectivity index (χ0) is 18.5. The molecule has 4 saturated carbocycles. The summed E-state index contributed by atoms with van der Waals surface area (Å²) < 4.78 is 0.256. The van der Waals surface area contributed by atoms with Crippen LogP contribution in [0.1, 0.15) is 61.5 Å². The summed E-state index contributed by atoms with van der Waals surface area (Å²) in [5.41, 5.74) is 1.86. The topological polar surface area (TPSA) is 95.1 Å². The first-order valence-electron chi connectivity index (χ1n) is 9.53. The number of carbonyl (C=O) groups excluding carboxylic acids is 1. The van der Waals surface area contributed by atoms with Gasteiger partial charge in [0, 0.05) is 16.0 Å². The third-order valence-corrected chi connectivity index (χ3v) is 8.04. The number of hydrogen-bond acceptors (Lipinski definition) is 4. The van der Waals surface area contributed by atoms with Gasteiger partial charge in [0.05, 0.1) is 11.4 Å². The molecule has 4 fully saturated rings. The second kappa shape index (κ2) is 6.59. The van der Waals surface area contributed by atoms with Crippen molar-refractivity contribution in [2.45, 2.75) is 63.2 Å². The molecular formula is C19H27N3O3S. The van der Waals surface area contributed by atoms with Crippen LogP contribution in [0.5, 0.6) is 0 Å². The molecule has 4 aliphatic rings. The Morgan fingerprint density at radius 2 is 1.81 bits per heavy atom. The van der Waals surface area contributed by atoms with Crippen molar-refractivity contribution in [3.63, 3.8) is 0 Å². The Labute approximate surface area is 157 Å². The lowest BCUT2D eigenvalue weighted by Crippen LogP contribution is -2.49. The Balaban J connectivity index is 1.40. The predicted octanol–water partition coefficient (Wildman–Crippen LogP) is 2.97. The van der Waals surface area contributed by atoms with Crippen LogP contribution < -0.4 is 5.32 Å². The van der Waals surface area contributed by atoms with Gasteiger partial charge < -0.3 is 10.4 Å². The van der Waals surface area contributed by atoms with Gasteiger partial charge in [-0.2, -0.15) is 5.10 Å². The third-order valence-electron chi connectivity index (χ3n) is 6.52. The van der Waals surface area contributed by atoms with Gasteiger partial charge in [0.1, 0.15) is 0 Å². The average Bonchev–Trinajstić information content (AvgIpc) is 2.88. The number of carboxylic acids is 1. The van der Waals surface area contributed by atoms with Crippen LogP contribution in [0.2, 0.25) is 0 Å². The van der Waals surface area contributed by atoms with E-state index < -0.39 is 12.0 Å². The van der Waals surface area contributed by atoms with Gasteiger partial charge in [-0.25, -0.2) is 4.79 Å². The summed E-state index contributed by atoms with van der Waals surface area (Å²) in [6, 6.07) is -1.04. The molecule has 3 N–H and O–H groups in total. The van der Waals surface area contributed by atoms with Crippen molar-refractivity contribution in [2.75, 3.05) is 5.75 Å². The van der Waals surface area contributed by atoms with Crippen molar-refractivity contribution >= 4 is 23.6 Å². The van der Waals surface area contributed by atoms with Crippen molar-refractivity contribution in [1.29, 1.82) is 0 Å². The number of aryl methyl sites for hydroxylation is 2. The number of carboxylic acid groups (broad SMARTS) is 1. The number of hydrogen-bond donors (Lipinski definition) is 3. The molecule has 6 nitrogen and oxygen atoms in total. The molecule has 26 heavy (non-hydrogen) atoms. The summed E-state index contributed by atoms with van der Waals surface area (Å²) in [6.45, 7) is 3.53. The van der Waals surface area contributed by atoms with E-state index in [2.05, 4.69) is 15.5 Å². The van der Waals surface area contributed by atoms with Crippen molar-refractivity contribution in [3.05, 3.63) is 17.0 Å². The van der Waals surface area contributed by atoms with Gasteiger partial charge in [-0.15, -0.1) is 11.8 Å². The summed E-state index contributed by atoms with van der Waals surface area (Å²) in [5, 5.41) is 19.1. The number of aromatic amines is 1. The van der Waals surface area contributed by atoms with E-state index in [4.69, 9.17) is 0 Å². The lowest BCUT2D eigenvalue weighted by molar-refractivity contribution is -0.141. The van der Waals surface area contributed by atoms with Crippen LogP contribution >= 0.6 is 11.8 Å². The normalized spacial score (nSPS) is 33.2. The molecule has 1 heterocycles. The summed E-state index contributed by atoms with van der Waals surface area (Å²) >= 11 is 1.77. The van der Waals surface area contributed by atoms with E-state index in [1.165, 1.54) is 38.5 Å². The molecule has 1 amide bonds. The van der Waals surface area contributed by atoms with E-state index in [0.717, 1.165) is 17.8 Å². The van der Waals surface area contributed by atoms with Crippen LogP contribution in [-0.2, 0) is 9.59 Å². The van der Waals surface area contributed by atoms with E-state index in [1.54, 1.807) is 25.6 Å². The van der Waals surface area contributed by atoms with E-state index in [-0.39, 0.29) is 10.7 Å². The van der Waals surface area contributed by atoms with Crippen molar-refractivity contribution < 1.29 is 14.7 Å². The first kappa shape index (κ1) is 17.9. The molecule has 1 atom stereocenters. The SMILES string of the molecule is Cc1n[nH]c(C)c1C(NC(=O)CSC12CC3CC(CC(C3)C1)C2)C(=O)O. The summed E-state index contributed by atoms with van der Waals surface area (Å²) in [4.78, 5) is 24.2. The standard InChI is InChI=1S/C19H27N3O3S/c1-10-16(11(2)22-21-10)17(18(24)25)20-15(23)9-26-19-6-12-3-13(7-19)5-14(4-12)8-19/h12-14,17H,3-9H2,1-2H3,(H,20,23)(H,21,22)(H,24,25). The monoisotopic (exact) mass is 377 g/mol. The van der Waals surface area contributed by atoms with Crippen LogP contribution in [0.3, 0.4) is 0 Å². The molecule has 0 saturated heterocycles. The number of amides is 1. The zero-order valence-electron chi connectivity index (χ0n) is 15.4. The Morgan fingerprint density at radius 1 is 1.23 bits per heavy atom. The molecule has 7 heteroatoms. The highest BCUT2D eigenvalue weighted by Gasteiger charge is 2.51. The highest BCUT2D eigenvalue weighted by atomic mass is 32.2. The Hall–Kier alpha value is -1.50. The molecule has 1 aromatic heterocycles. The number of thioether (sulfide) groups is 1. The Bertz CT molecular complexity index is 675. The molecule has 1 aromatic rings. The number of nitrogens with zero attached hydrogens (tertiary/aromatic N) is 1. The zero-order valence-corrected chi connectivity index (χ0v) is 16.2. The van der Waals surface area contributed by atoms with Crippen LogP contribution in [0.25, 0.3) is 0 Å². The van der Waals surface area contributed by atoms with Crippen LogP contribution in [0.4, 0.5) is 0 Å². The minimum atomic E-state index is -1.05. The molecule has 0 radical (unpaired) electrons. The molecule has 0 spiro atoms. The first-order valence-corrected chi connectivity index (χ1v) is 10.5. The van der Waals surface area contributed by atoms with Gasteiger partial charge in [0.25, 0.3) is 0 Å². The smallest absolute Gasteiger partial charge is 0.331 e. The van der Waals surface area contributed by atoms with E-state index in [1.807, 2.05) is 0 Å². The summed E-state index contributed by atoms with van der Waals surface area (Å²) in [6.07, 6.45) is 7.85. The molecule has 0 aliphatic heterocycles. The predicted molar refractivity (Wildman–Crippen MR) is 99.9 cm³/mol. The van der Waals surface area contributed by atoms with E-state index in [9.17, 15) is 14.7 Å². The maximum absolute atomic E-state index is 12.5. The second-order valence-electron chi connectivity index (χ2n) is 8.58. The van der Waals surface area contributed by atoms with Crippen LogP contribution in [-0.4, -0.2) is 37.7 Å². The third kappa shape index (κ3) is 3.26. The highest BCUT2D eigenvalue weighted by Crippen LogP contribution is 2.60. The van der Waals surface area contributed by atoms with Gasteiger partial charge in [-0.1, -0.05) is 0 Å². The number of nitrogens with one attached hydrogen (secondary N) is 2. The molecule has 5 rings (SSSR count). The van der Waals surface area contributed by atoms with E-state index in [0.29, 0.717) is 22.7 Å². The van der Waals surface area contributed by atoms with Gasteiger partial charge in [-0.3, -0.25) is 9.89 Å². The fraction of sp³-hybridized carbons (Fsp3) is 0.737. The largest absolute Gasteiger partial charge is 0.479 e. The van der Waals surface area contributed by atoms with Crippen molar-refractivity contribution in [2.24, 2.45) is 17.8 Å². The molecule has 4 aliphatic carbocycles. The number of H-pyrrole nitrogens is 1. The molecule has 0 aromatic carbocycles. The number of aromatic nitrogens is 2. The number of rotatable bonds is 6. The molecule has 4 bridgehead atoms. The minimum absolute atomic E-state index is 0.196. The Morgan fingerprint density at radius 3 is 2.27 bits per heavy atom. The minimum Gasteiger partial charge on any atom is -0.479 e. The molecule has 142 valence electrons. The van der Waals surface area contributed by atoms with Crippen LogP contribution in [0.15, 0.2) is 0 Å². The average molecular weight is 378 g/mol. The van der Waals surface area contributed by atoms with E-state index >= 15 is 0 Å². The summed E-state index contributed by atoms with van der Waals surface area (Å²) in [7, 11) is 0. The van der Waals surface area contributed by atoms with Gasteiger partial charge in [0.2, 0.25) is 5.91 Å². The Kier molecular flexibility index (Phi) is 4.53. The second-order valence-corrected chi connectivity index (χ2v) is 10.0. The lowest BCUT2D eigenvalue weighted by Gasteiger charge is -2.56. The van der Waals surface area contributed by atoms with Crippen LogP contribution in [0, 0.1) is 31.6 Å². The summed E-state index contributed by atoms with van der Waals surface area (Å²) in [5.74, 6) is 1.63. The fourth-order valence-electron chi connectivity index (χ4n) is 5.87.